The maximum Gasteiger partial charge on any atom is 0.139 e. The van der Waals surface area contributed by atoms with Crippen molar-refractivity contribution in [3.8, 4) is 5.75 Å². The third-order valence-electron chi connectivity index (χ3n) is 2.70. The number of nitrogens with zero attached hydrogens (tertiary/aromatic N) is 1. The van der Waals surface area contributed by atoms with Crippen LogP contribution in [-0.4, -0.2) is 26.3 Å². The summed E-state index contributed by atoms with van der Waals surface area (Å²) in [6, 6.07) is 5.64. The molecule has 0 atom stereocenters. The molecule has 1 aromatic carbocycles. The molecule has 0 fully saturated rings. The van der Waals surface area contributed by atoms with E-state index in [1.54, 1.807) is 14.2 Å². The monoisotopic (exact) mass is 266 g/mol. The van der Waals surface area contributed by atoms with Gasteiger partial charge in [-0.15, -0.1) is 0 Å². The lowest BCUT2D eigenvalue weighted by atomic mass is 10.1. The maximum absolute atomic E-state index is 6.13. The fraction of sp³-hybridized carbons (Fsp3) is 0.308. The first-order chi connectivity index (χ1) is 8.69. The van der Waals surface area contributed by atoms with E-state index >= 15 is 0 Å². The average molecular weight is 267 g/mol. The molecule has 0 amide bonds. The molecule has 0 aliphatic rings. The average Bonchev–Trinajstić information content (AvgIpc) is 2.38. The molecule has 0 aliphatic carbocycles. The van der Waals surface area contributed by atoms with Crippen molar-refractivity contribution < 1.29 is 9.47 Å². The molecule has 4 nitrogen and oxygen atoms in total. The summed E-state index contributed by atoms with van der Waals surface area (Å²) in [5, 5.41) is 4.67. The smallest absolute Gasteiger partial charge is 0.139 e. The van der Waals surface area contributed by atoms with Gasteiger partial charge in [-0.2, -0.15) is 0 Å². The topological polar surface area (TPSA) is 43.4 Å². The van der Waals surface area contributed by atoms with Crippen molar-refractivity contribution >= 4 is 28.2 Å². The number of hydrogen-bond acceptors (Lipinski definition) is 4. The number of halogens is 1. The molecular formula is C13H15ClN2O2. The molecule has 96 valence electrons. The Kier molecular flexibility index (Phi) is 3.89. The zero-order chi connectivity index (χ0) is 13.1. The second-order valence-electron chi connectivity index (χ2n) is 3.85. The maximum atomic E-state index is 6.13. The fourth-order valence-electron chi connectivity index (χ4n) is 1.87. The van der Waals surface area contributed by atoms with Gasteiger partial charge >= 0.3 is 0 Å². The number of nitrogens with one attached hydrogen (secondary N) is 1. The normalized spacial score (nSPS) is 10.7. The van der Waals surface area contributed by atoms with Gasteiger partial charge in [0.25, 0.3) is 0 Å². The second-order valence-corrected chi connectivity index (χ2v) is 4.26. The van der Waals surface area contributed by atoms with Crippen LogP contribution < -0.4 is 10.1 Å². The molecule has 0 saturated heterocycles. The summed E-state index contributed by atoms with van der Waals surface area (Å²) in [5.41, 5.74) is 2.66. The number of anilines is 1. The van der Waals surface area contributed by atoms with Crippen LogP contribution in [0.1, 0.15) is 5.69 Å². The highest BCUT2D eigenvalue weighted by Crippen LogP contribution is 2.33. The van der Waals surface area contributed by atoms with Gasteiger partial charge in [-0.3, -0.25) is 4.98 Å². The van der Waals surface area contributed by atoms with Crippen LogP contribution in [0, 0.1) is 0 Å². The van der Waals surface area contributed by atoms with E-state index in [0.717, 1.165) is 22.3 Å². The molecule has 0 unspecified atom stereocenters. The van der Waals surface area contributed by atoms with Gasteiger partial charge in [0.2, 0.25) is 0 Å². The number of aromatic nitrogens is 1. The number of fused-ring (bicyclic) bond motifs is 1. The molecule has 0 aliphatic heterocycles. The quantitative estimate of drug-likeness (QED) is 0.924. The summed E-state index contributed by atoms with van der Waals surface area (Å²) in [5.74, 6) is 0.619. The zero-order valence-corrected chi connectivity index (χ0v) is 11.3. The van der Waals surface area contributed by atoms with E-state index in [2.05, 4.69) is 10.3 Å². The van der Waals surface area contributed by atoms with E-state index < -0.39 is 0 Å². The van der Waals surface area contributed by atoms with Gasteiger partial charge in [0, 0.05) is 31.3 Å². The summed E-state index contributed by atoms with van der Waals surface area (Å²) in [4.78, 5) is 4.52. The summed E-state index contributed by atoms with van der Waals surface area (Å²) in [6.45, 7) is 0.468. The Morgan fingerprint density at radius 1 is 1.28 bits per heavy atom. The third-order valence-corrected chi connectivity index (χ3v) is 2.99. The molecule has 1 N–H and O–H groups in total. The third kappa shape index (κ3) is 2.35. The van der Waals surface area contributed by atoms with Crippen molar-refractivity contribution in [3.05, 3.63) is 28.9 Å². The van der Waals surface area contributed by atoms with E-state index in [9.17, 15) is 0 Å². The van der Waals surface area contributed by atoms with Crippen molar-refractivity contribution in [2.24, 2.45) is 0 Å². The van der Waals surface area contributed by atoms with E-state index in [1.807, 2.05) is 25.2 Å². The Morgan fingerprint density at radius 2 is 2.06 bits per heavy atom. The number of methoxy groups -OCH3 is 2. The van der Waals surface area contributed by atoms with Gasteiger partial charge in [0.1, 0.15) is 5.75 Å². The lowest BCUT2D eigenvalue weighted by molar-refractivity contribution is 0.182. The lowest BCUT2D eigenvalue weighted by Gasteiger charge is -2.11. The first-order valence-electron chi connectivity index (χ1n) is 5.53. The molecule has 0 spiro atoms. The Labute approximate surface area is 111 Å². The Bertz CT molecular complexity index is 572. The van der Waals surface area contributed by atoms with Crippen molar-refractivity contribution in [3.63, 3.8) is 0 Å². The molecule has 18 heavy (non-hydrogen) atoms. The van der Waals surface area contributed by atoms with E-state index in [-0.39, 0.29) is 0 Å². The van der Waals surface area contributed by atoms with Crippen LogP contribution in [0.2, 0.25) is 5.02 Å². The minimum Gasteiger partial charge on any atom is -0.495 e. The van der Waals surface area contributed by atoms with E-state index in [4.69, 9.17) is 21.1 Å². The minimum absolute atomic E-state index is 0.468. The zero-order valence-electron chi connectivity index (χ0n) is 10.6. The van der Waals surface area contributed by atoms with Gasteiger partial charge in [-0.25, -0.2) is 0 Å². The van der Waals surface area contributed by atoms with Gasteiger partial charge in [-0.1, -0.05) is 11.6 Å². The first kappa shape index (κ1) is 12.9. The molecule has 0 saturated carbocycles. The molecule has 0 radical (unpaired) electrons. The predicted molar refractivity (Wildman–Crippen MR) is 73.6 cm³/mol. The largest absolute Gasteiger partial charge is 0.495 e. The Balaban J connectivity index is 2.67. The minimum atomic E-state index is 0.468. The van der Waals surface area contributed by atoms with Gasteiger partial charge in [-0.05, 0) is 12.1 Å². The standard InChI is InChI=1S/C13H15ClN2O2/c1-15-11-4-8(7-17-2)16-12-6-13(18-3)10(14)5-9(11)12/h4-6H,7H2,1-3H3,(H,15,16). The van der Waals surface area contributed by atoms with Crippen LogP contribution in [0.3, 0.4) is 0 Å². The SMILES string of the molecule is CNc1cc(COC)nc2cc(OC)c(Cl)cc12. The van der Waals surface area contributed by atoms with Gasteiger partial charge in [0.05, 0.1) is 29.9 Å². The van der Waals surface area contributed by atoms with Crippen LogP contribution in [0.4, 0.5) is 5.69 Å². The van der Waals surface area contributed by atoms with Crippen molar-refractivity contribution in [2.75, 3.05) is 26.6 Å². The molecular weight excluding hydrogens is 252 g/mol. The van der Waals surface area contributed by atoms with Crippen LogP contribution in [0.25, 0.3) is 10.9 Å². The molecule has 1 aromatic heterocycles. The summed E-state index contributed by atoms with van der Waals surface area (Å²) >= 11 is 6.13. The van der Waals surface area contributed by atoms with E-state index in [0.29, 0.717) is 17.4 Å². The van der Waals surface area contributed by atoms with Crippen molar-refractivity contribution in [2.45, 2.75) is 6.61 Å². The van der Waals surface area contributed by atoms with Crippen LogP contribution in [0.15, 0.2) is 18.2 Å². The second kappa shape index (κ2) is 5.42. The highest BCUT2D eigenvalue weighted by atomic mass is 35.5. The number of pyridine rings is 1. The molecule has 0 bridgehead atoms. The molecule has 2 aromatic rings. The van der Waals surface area contributed by atoms with Gasteiger partial charge in [0.15, 0.2) is 0 Å². The summed E-state index contributed by atoms with van der Waals surface area (Å²) in [6.07, 6.45) is 0. The van der Waals surface area contributed by atoms with Crippen LogP contribution >= 0.6 is 11.6 Å². The number of hydrogen-bond donors (Lipinski definition) is 1. The summed E-state index contributed by atoms with van der Waals surface area (Å²) < 4.78 is 10.3. The highest BCUT2D eigenvalue weighted by Gasteiger charge is 2.09. The van der Waals surface area contributed by atoms with Crippen LogP contribution in [0.5, 0.6) is 5.75 Å². The number of ether oxygens (including phenoxy) is 2. The number of rotatable bonds is 4. The van der Waals surface area contributed by atoms with Gasteiger partial charge < -0.3 is 14.8 Å². The predicted octanol–water partition coefficient (Wildman–Crippen LogP) is 3.08. The Morgan fingerprint density at radius 3 is 2.67 bits per heavy atom. The highest BCUT2D eigenvalue weighted by molar-refractivity contribution is 6.33. The molecule has 2 rings (SSSR count). The Hall–Kier alpha value is -1.52. The first-order valence-corrected chi connectivity index (χ1v) is 5.91. The van der Waals surface area contributed by atoms with Crippen molar-refractivity contribution in [1.29, 1.82) is 0 Å². The lowest BCUT2D eigenvalue weighted by Crippen LogP contribution is -1.98. The molecule has 5 heteroatoms. The van der Waals surface area contributed by atoms with Crippen LogP contribution in [-0.2, 0) is 11.3 Å². The van der Waals surface area contributed by atoms with Crippen molar-refractivity contribution in [1.82, 2.24) is 4.98 Å². The van der Waals surface area contributed by atoms with E-state index in [1.165, 1.54) is 0 Å². The summed E-state index contributed by atoms with van der Waals surface area (Å²) in [7, 11) is 5.10. The fourth-order valence-corrected chi connectivity index (χ4v) is 2.11. The number of benzene rings is 1. The molecule has 1 heterocycles.